The van der Waals surface area contributed by atoms with E-state index >= 15 is 0 Å². The van der Waals surface area contributed by atoms with Crippen LogP contribution in [-0.4, -0.2) is 74.1 Å². The van der Waals surface area contributed by atoms with Gasteiger partial charge in [0.25, 0.3) is 11.7 Å². The molecule has 1 N–H and O–H groups in total. The van der Waals surface area contributed by atoms with Gasteiger partial charge < -0.3 is 29.1 Å². The summed E-state index contributed by atoms with van der Waals surface area (Å²) < 4.78 is 16.5. The van der Waals surface area contributed by atoms with Gasteiger partial charge in [0, 0.05) is 30.3 Å². The van der Waals surface area contributed by atoms with Crippen molar-refractivity contribution in [3.63, 3.8) is 0 Å². The monoisotopic (exact) mass is 468 g/mol. The summed E-state index contributed by atoms with van der Waals surface area (Å²) in [7, 11) is 6.84. The van der Waals surface area contributed by atoms with Crippen LogP contribution in [0.4, 0.5) is 0 Å². The summed E-state index contributed by atoms with van der Waals surface area (Å²) in [6, 6.07) is 11.2. The number of methoxy groups -OCH3 is 2. The van der Waals surface area contributed by atoms with E-state index in [1.165, 1.54) is 12.0 Å². The summed E-state index contributed by atoms with van der Waals surface area (Å²) in [5, 5.41) is 11.2. The zero-order chi connectivity index (χ0) is 25.0. The van der Waals surface area contributed by atoms with E-state index in [0.717, 1.165) is 0 Å². The molecule has 2 aromatic rings. The minimum Gasteiger partial charge on any atom is -0.507 e. The van der Waals surface area contributed by atoms with Crippen LogP contribution in [0.3, 0.4) is 0 Å². The number of likely N-dealkylation sites (N-methyl/N-ethyl adjacent to an activating group) is 1. The van der Waals surface area contributed by atoms with Gasteiger partial charge in [0.15, 0.2) is 0 Å². The number of carbonyl (C=O) groups excluding carboxylic acids is 2. The Morgan fingerprint density at radius 2 is 1.68 bits per heavy atom. The third kappa shape index (κ3) is 5.17. The van der Waals surface area contributed by atoms with Crippen LogP contribution in [0.1, 0.15) is 31.0 Å². The first-order valence-corrected chi connectivity index (χ1v) is 11.1. The van der Waals surface area contributed by atoms with Crippen molar-refractivity contribution in [1.82, 2.24) is 9.80 Å². The van der Waals surface area contributed by atoms with Crippen LogP contribution in [-0.2, 0) is 9.59 Å². The van der Waals surface area contributed by atoms with E-state index in [4.69, 9.17) is 14.2 Å². The predicted octanol–water partition coefficient (Wildman–Crippen LogP) is 3.47. The first-order chi connectivity index (χ1) is 16.2. The normalized spacial score (nSPS) is 17.5. The van der Waals surface area contributed by atoms with E-state index in [1.54, 1.807) is 49.6 Å². The first kappa shape index (κ1) is 25.1. The molecule has 2 aromatic carbocycles. The number of rotatable bonds is 9. The number of Topliss-reactive ketones (excluding diaryl/α,β-unsaturated/α-hetero) is 1. The predicted molar refractivity (Wildman–Crippen MR) is 129 cm³/mol. The maximum atomic E-state index is 13.2. The number of nitrogens with zero attached hydrogens (tertiary/aromatic N) is 2. The zero-order valence-electron chi connectivity index (χ0n) is 20.5. The van der Waals surface area contributed by atoms with Gasteiger partial charge in [0.2, 0.25) is 0 Å². The second kappa shape index (κ2) is 10.6. The maximum Gasteiger partial charge on any atom is 0.295 e. The lowest BCUT2D eigenvalue weighted by Gasteiger charge is -2.27. The number of likely N-dealkylation sites (tertiary alicyclic amines) is 1. The summed E-state index contributed by atoms with van der Waals surface area (Å²) in [4.78, 5) is 29.7. The molecule has 0 saturated carbocycles. The van der Waals surface area contributed by atoms with E-state index in [2.05, 4.69) is 0 Å². The van der Waals surface area contributed by atoms with Crippen LogP contribution in [0, 0.1) is 0 Å². The summed E-state index contributed by atoms with van der Waals surface area (Å²) in [5.74, 6) is 0.0305. The molecule has 0 spiro atoms. The van der Waals surface area contributed by atoms with E-state index in [0.29, 0.717) is 41.5 Å². The average Bonchev–Trinajstić information content (AvgIpc) is 3.06. The van der Waals surface area contributed by atoms with Crippen molar-refractivity contribution in [3.05, 3.63) is 59.2 Å². The highest BCUT2D eigenvalue weighted by atomic mass is 16.5. The number of ketones is 1. The number of hydrogen-bond donors (Lipinski definition) is 1. The Kier molecular flexibility index (Phi) is 7.83. The van der Waals surface area contributed by atoms with Crippen molar-refractivity contribution >= 4 is 17.4 Å². The van der Waals surface area contributed by atoms with Gasteiger partial charge in [-0.2, -0.15) is 0 Å². The molecule has 0 aliphatic carbocycles. The molecule has 1 atom stereocenters. The number of aliphatic hydroxyl groups excluding tert-OH is 1. The third-order valence-electron chi connectivity index (χ3n) is 5.56. The Morgan fingerprint density at radius 1 is 1.03 bits per heavy atom. The molecule has 34 heavy (non-hydrogen) atoms. The minimum atomic E-state index is -0.813. The van der Waals surface area contributed by atoms with Crippen LogP contribution in [0.25, 0.3) is 5.76 Å². The summed E-state index contributed by atoms with van der Waals surface area (Å²) in [6.45, 7) is 4.69. The van der Waals surface area contributed by atoms with Crippen LogP contribution in [0.5, 0.6) is 17.2 Å². The topological polar surface area (TPSA) is 88.5 Å². The fourth-order valence-electron chi connectivity index (χ4n) is 3.91. The minimum absolute atomic E-state index is 0.00371. The van der Waals surface area contributed by atoms with Gasteiger partial charge in [-0.15, -0.1) is 0 Å². The fraction of sp³-hybridized carbons (Fsp3) is 0.385. The third-order valence-corrected chi connectivity index (χ3v) is 5.56. The molecule has 1 heterocycles. The highest BCUT2D eigenvalue weighted by Crippen LogP contribution is 2.43. The Bertz CT molecular complexity index is 1080. The van der Waals surface area contributed by atoms with Gasteiger partial charge in [-0.3, -0.25) is 9.59 Å². The Morgan fingerprint density at radius 3 is 2.24 bits per heavy atom. The summed E-state index contributed by atoms with van der Waals surface area (Å²) in [5.41, 5.74) is 1.02. The Hall–Kier alpha value is -3.52. The molecular weight excluding hydrogens is 436 g/mol. The molecule has 0 bridgehead atoms. The highest BCUT2D eigenvalue weighted by molar-refractivity contribution is 6.46. The van der Waals surface area contributed by atoms with Crippen LogP contribution in [0.2, 0.25) is 0 Å². The fourth-order valence-corrected chi connectivity index (χ4v) is 3.91. The number of carbonyl (C=O) groups is 2. The van der Waals surface area contributed by atoms with Crippen LogP contribution in [0.15, 0.2) is 48.0 Å². The highest BCUT2D eigenvalue weighted by Gasteiger charge is 2.47. The molecule has 1 aliphatic rings. The number of ether oxygens (including phenoxy) is 3. The standard InChI is InChI=1S/C26H32N2O6/c1-16(2)34-18-9-7-17(8-10-18)24(29)22-23(20-12-11-19(32-5)15-21(20)33-6)28(14-13-27(3)4)26(31)25(22)30/h7-12,15-16,23,29H,13-14H2,1-6H3/b24-22+/t23-/m0/s1. The van der Waals surface area contributed by atoms with Gasteiger partial charge >= 0.3 is 0 Å². The van der Waals surface area contributed by atoms with Crippen molar-refractivity contribution in [1.29, 1.82) is 0 Å². The maximum absolute atomic E-state index is 13.2. The van der Waals surface area contributed by atoms with E-state index in [-0.39, 0.29) is 17.4 Å². The lowest BCUT2D eigenvalue weighted by Crippen LogP contribution is -2.35. The lowest BCUT2D eigenvalue weighted by molar-refractivity contribution is -0.140. The average molecular weight is 469 g/mol. The second-order valence-corrected chi connectivity index (χ2v) is 8.59. The SMILES string of the molecule is COc1ccc([C@H]2/C(=C(\O)c3ccc(OC(C)C)cc3)C(=O)C(=O)N2CCN(C)C)c(OC)c1. The lowest BCUT2D eigenvalue weighted by atomic mass is 9.94. The Labute approximate surface area is 200 Å². The largest absolute Gasteiger partial charge is 0.507 e. The van der Waals surface area contributed by atoms with Gasteiger partial charge in [-0.05, 0) is 64.3 Å². The molecule has 3 rings (SSSR count). The van der Waals surface area contributed by atoms with Crippen molar-refractivity contribution < 1.29 is 28.9 Å². The first-order valence-electron chi connectivity index (χ1n) is 11.1. The van der Waals surface area contributed by atoms with Crippen LogP contribution < -0.4 is 14.2 Å². The number of amides is 1. The summed E-state index contributed by atoms with van der Waals surface area (Å²) in [6.07, 6.45) is 0.00371. The summed E-state index contributed by atoms with van der Waals surface area (Å²) >= 11 is 0. The molecule has 0 aromatic heterocycles. The van der Waals surface area contributed by atoms with Crippen molar-refractivity contribution in [2.24, 2.45) is 0 Å². The second-order valence-electron chi connectivity index (χ2n) is 8.59. The molecule has 182 valence electrons. The molecule has 0 unspecified atom stereocenters. The van der Waals surface area contributed by atoms with Crippen LogP contribution >= 0.6 is 0 Å². The Balaban J connectivity index is 2.15. The number of benzene rings is 2. The molecule has 8 heteroatoms. The number of hydrogen-bond acceptors (Lipinski definition) is 7. The van der Waals surface area contributed by atoms with Gasteiger partial charge in [-0.25, -0.2) is 0 Å². The van der Waals surface area contributed by atoms with Crippen molar-refractivity contribution in [2.75, 3.05) is 41.4 Å². The molecular formula is C26H32N2O6. The van der Waals surface area contributed by atoms with Gasteiger partial charge in [0.05, 0.1) is 31.9 Å². The van der Waals surface area contributed by atoms with Gasteiger partial charge in [-0.1, -0.05) is 0 Å². The quantitative estimate of drug-likeness (QED) is 0.342. The molecule has 1 saturated heterocycles. The van der Waals surface area contributed by atoms with E-state index < -0.39 is 17.7 Å². The molecule has 1 fully saturated rings. The molecule has 1 amide bonds. The molecule has 0 radical (unpaired) electrons. The molecule has 8 nitrogen and oxygen atoms in total. The van der Waals surface area contributed by atoms with Crippen molar-refractivity contribution in [2.45, 2.75) is 26.0 Å². The zero-order valence-corrected chi connectivity index (χ0v) is 20.5. The number of aliphatic hydroxyl groups is 1. The van der Waals surface area contributed by atoms with Crippen molar-refractivity contribution in [3.8, 4) is 17.2 Å². The molecule has 1 aliphatic heterocycles. The smallest absolute Gasteiger partial charge is 0.295 e. The van der Waals surface area contributed by atoms with Gasteiger partial charge in [0.1, 0.15) is 23.0 Å². The van der Waals surface area contributed by atoms with E-state index in [1.807, 2.05) is 32.8 Å². The van der Waals surface area contributed by atoms with E-state index in [9.17, 15) is 14.7 Å².